The SMILES string of the molecule is COC(=O)c1c(Br)c(OCc2nnn(C)n2)nn1C. The number of carbonyl (C=O) groups excluding carboxylic acids is 1. The number of nitrogens with zero attached hydrogens (tertiary/aromatic N) is 6. The minimum Gasteiger partial charge on any atom is -0.467 e. The Hall–Kier alpha value is -1.97. The molecule has 0 saturated heterocycles. The zero-order chi connectivity index (χ0) is 14.0. The molecular formula is C9H11BrN6O3. The molecule has 2 rings (SSSR count). The number of ether oxygens (including phenoxy) is 2. The summed E-state index contributed by atoms with van der Waals surface area (Å²) in [7, 11) is 4.57. The van der Waals surface area contributed by atoms with Crippen molar-refractivity contribution in [2.45, 2.75) is 6.61 Å². The van der Waals surface area contributed by atoms with Crippen molar-refractivity contribution in [1.82, 2.24) is 30.0 Å². The van der Waals surface area contributed by atoms with E-state index >= 15 is 0 Å². The van der Waals surface area contributed by atoms with Gasteiger partial charge in [0.25, 0.3) is 0 Å². The number of aromatic nitrogens is 6. The number of hydrogen-bond acceptors (Lipinski definition) is 7. The highest BCUT2D eigenvalue weighted by Gasteiger charge is 2.22. The summed E-state index contributed by atoms with van der Waals surface area (Å²) in [6.07, 6.45) is 0. The van der Waals surface area contributed by atoms with Crippen molar-refractivity contribution >= 4 is 21.9 Å². The lowest BCUT2D eigenvalue weighted by Crippen LogP contribution is -2.08. The third-order valence-electron chi connectivity index (χ3n) is 2.23. The standard InChI is InChI=1S/C9H11BrN6O3/c1-15-7(9(17)18-3)6(10)8(13-15)19-4-5-11-14-16(2)12-5/h4H2,1-3H3. The molecule has 10 heteroatoms. The third-order valence-corrected chi connectivity index (χ3v) is 2.94. The van der Waals surface area contributed by atoms with Crippen molar-refractivity contribution in [2.75, 3.05) is 7.11 Å². The van der Waals surface area contributed by atoms with Crippen molar-refractivity contribution < 1.29 is 14.3 Å². The number of aryl methyl sites for hydroxylation is 2. The van der Waals surface area contributed by atoms with E-state index in [0.29, 0.717) is 10.3 Å². The van der Waals surface area contributed by atoms with Crippen molar-refractivity contribution in [3.63, 3.8) is 0 Å². The molecule has 2 aromatic heterocycles. The van der Waals surface area contributed by atoms with Gasteiger partial charge in [0.05, 0.1) is 14.2 Å². The Bertz CT molecular complexity index is 607. The van der Waals surface area contributed by atoms with Crippen LogP contribution in [0.2, 0.25) is 0 Å². The van der Waals surface area contributed by atoms with Gasteiger partial charge in [-0.3, -0.25) is 4.68 Å². The van der Waals surface area contributed by atoms with E-state index in [-0.39, 0.29) is 18.2 Å². The van der Waals surface area contributed by atoms with Crippen molar-refractivity contribution in [2.24, 2.45) is 14.1 Å². The van der Waals surface area contributed by atoms with E-state index in [2.05, 4.69) is 41.2 Å². The van der Waals surface area contributed by atoms with E-state index in [4.69, 9.17) is 4.74 Å². The Balaban J connectivity index is 2.15. The number of methoxy groups -OCH3 is 1. The molecule has 0 aliphatic heterocycles. The summed E-state index contributed by atoms with van der Waals surface area (Å²) in [4.78, 5) is 12.9. The van der Waals surface area contributed by atoms with Gasteiger partial charge in [-0.15, -0.1) is 15.3 Å². The van der Waals surface area contributed by atoms with Gasteiger partial charge in [-0.1, -0.05) is 0 Å². The predicted molar refractivity (Wildman–Crippen MR) is 65.4 cm³/mol. The van der Waals surface area contributed by atoms with Crippen LogP contribution in [0, 0.1) is 0 Å². The van der Waals surface area contributed by atoms with E-state index in [9.17, 15) is 4.79 Å². The summed E-state index contributed by atoms with van der Waals surface area (Å²) in [5.74, 6) is 0.171. The van der Waals surface area contributed by atoms with E-state index in [0.717, 1.165) is 0 Å². The Morgan fingerprint density at radius 3 is 2.68 bits per heavy atom. The lowest BCUT2D eigenvalue weighted by Gasteiger charge is -1.99. The normalized spacial score (nSPS) is 10.5. The Morgan fingerprint density at radius 1 is 1.37 bits per heavy atom. The molecule has 19 heavy (non-hydrogen) atoms. The van der Waals surface area contributed by atoms with Gasteiger partial charge in [0.15, 0.2) is 12.3 Å². The molecule has 0 unspecified atom stereocenters. The Kier molecular flexibility index (Phi) is 3.79. The van der Waals surface area contributed by atoms with E-state index in [1.165, 1.54) is 16.6 Å². The molecule has 0 aromatic carbocycles. The second-order valence-electron chi connectivity index (χ2n) is 3.57. The fourth-order valence-electron chi connectivity index (χ4n) is 1.40. The highest BCUT2D eigenvalue weighted by Crippen LogP contribution is 2.28. The summed E-state index contributed by atoms with van der Waals surface area (Å²) < 4.78 is 11.9. The van der Waals surface area contributed by atoms with Gasteiger partial charge in [0.2, 0.25) is 11.7 Å². The molecule has 2 aromatic rings. The number of carbonyl (C=O) groups is 1. The molecule has 0 aliphatic rings. The molecule has 0 bridgehead atoms. The maximum Gasteiger partial charge on any atom is 0.357 e. The lowest BCUT2D eigenvalue weighted by molar-refractivity contribution is 0.0587. The number of rotatable bonds is 4. The lowest BCUT2D eigenvalue weighted by atomic mass is 10.4. The van der Waals surface area contributed by atoms with Crippen molar-refractivity contribution in [3.8, 4) is 5.88 Å². The fourth-order valence-corrected chi connectivity index (χ4v) is 2.01. The van der Waals surface area contributed by atoms with Gasteiger partial charge < -0.3 is 9.47 Å². The minimum absolute atomic E-state index is 0.101. The number of tetrazole rings is 1. The van der Waals surface area contributed by atoms with Crippen LogP contribution in [0.1, 0.15) is 16.3 Å². The molecule has 0 fully saturated rings. The quantitative estimate of drug-likeness (QED) is 0.732. The van der Waals surface area contributed by atoms with Crippen LogP contribution in [0.15, 0.2) is 4.47 Å². The van der Waals surface area contributed by atoms with E-state index < -0.39 is 5.97 Å². The molecular weight excluding hydrogens is 320 g/mol. The van der Waals surface area contributed by atoms with Gasteiger partial charge >= 0.3 is 5.97 Å². The fraction of sp³-hybridized carbons (Fsp3) is 0.444. The molecule has 0 atom stereocenters. The smallest absolute Gasteiger partial charge is 0.357 e. The monoisotopic (exact) mass is 330 g/mol. The first-order valence-corrected chi connectivity index (χ1v) is 5.98. The van der Waals surface area contributed by atoms with Gasteiger partial charge in [-0.05, 0) is 21.1 Å². The topological polar surface area (TPSA) is 97.0 Å². The second kappa shape index (κ2) is 5.34. The van der Waals surface area contributed by atoms with Gasteiger partial charge in [-0.2, -0.15) is 4.80 Å². The van der Waals surface area contributed by atoms with Gasteiger partial charge in [0.1, 0.15) is 4.47 Å². The molecule has 9 nitrogen and oxygen atoms in total. The molecule has 0 radical (unpaired) electrons. The van der Waals surface area contributed by atoms with Gasteiger partial charge in [0, 0.05) is 7.05 Å². The summed E-state index contributed by atoms with van der Waals surface area (Å²) >= 11 is 3.25. The predicted octanol–water partition coefficient (Wildman–Crippen LogP) is 0.0717. The van der Waals surface area contributed by atoms with Crippen molar-refractivity contribution in [3.05, 3.63) is 16.0 Å². The van der Waals surface area contributed by atoms with E-state index in [1.807, 2.05) is 0 Å². The summed E-state index contributed by atoms with van der Waals surface area (Å²) in [5, 5.41) is 15.5. The summed E-state index contributed by atoms with van der Waals surface area (Å²) in [6.45, 7) is 0.101. The first kappa shape index (κ1) is 13.5. The first-order valence-electron chi connectivity index (χ1n) is 5.19. The van der Waals surface area contributed by atoms with Crippen LogP contribution in [-0.4, -0.2) is 43.1 Å². The summed E-state index contributed by atoms with van der Waals surface area (Å²) in [6, 6.07) is 0. The van der Waals surface area contributed by atoms with Crippen LogP contribution in [0.3, 0.4) is 0 Å². The third kappa shape index (κ3) is 2.72. The molecule has 0 N–H and O–H groups in total. The number of esters is 1. The van der Waals surface area contributed by atoms with E-state index in [1.54, 1.807) is 14.1 Å². The number of hydrogen-bond donors (Lipinski definition) is 0. The maximum atomic E-state index is 11.5. The minimum atomic E-state index is -0.505. The molecule has 0 aliphatic carbocycles. The average molecular weight is 331 g/mol. The molecule has 2 heterocycles. The van der Waals surface area contributed by atoms with Crippen LogP contribution in [-0.2, 0) is 25.4 Å². The second-order valence-corrected chi connectivity index (χ2v) is 4.36. The number of halogens is 1. The summed E-state index contributed by atoms with van der Waals surface area (Å²) in [5.41, 5.74) is 0.268. The molecule has 0 saturated carbocycles. The van der Waals surface area contributed by atoms with Crippen LogP contribution in [0.25, 0.3) is 0 Å². The van der Waals surface area contributed by atoms with Crippen LogP contribution in [0.4, 0.5) is 0 Å². The molecule has 0 amide bonds. The zero-order valence-electron chi connectivity index (χ0n) is 10.5. The van der Waals surface area contributed by atoms with Crippen LogP contribution < -0.4 is 4.74 Å². The zero-order valence-corrected chi connectivity index (χ0v) is 12.1. The Labute approximate surface area is 116 Å². The highest BCUT2D eigenvalue weighted by molar-refractivity contribution is 9.10. The largest absolute Gasteiger partial charge is 0.467 e. The van der Waals surface area contributed by atoms with Crippen LogP contribution >= 0.6 is 15.9 Å². The molecule has 0 spiro atoms. The van der Waals surface area contributed by atoms with Gasteiger partial charge in [-0.25, -0.2) is 4.79 Å². The van der Waals surface area contributed by atoms with Crippen LogP contribution in [0.5, 0.6) is 5.88 Å². The maximum absolute atomic E-state index is 11.5. The molecule has 102 valence electrons. The Morgan fingerprint density at radius 2 is 2.11 bits per heavy atom. The average Bonchev–Trinajstić information content (AvgIpc) is 2.90. The first-order chi connectivity index (χ1) is 9.02. The highest BCUT2D eigenvalue weighted by atomic mass is 79.9. The van der Waals surface area contributed by atoms with Crippen molar-refractivity contribution in [1.29, 1.82) is 0 Å².